The van der Waals surface area contributed by atoms with E-state index in [1.165, 1.54) is 12.3 Å². The minimum absolute atomic E-state index is 0.304. The van der Waals surface area contributed by atoms with Crippen molar-refractivity contribution in [3.8, 4) is 5.75 Å². The lowest BCUT2D eigenvalue weighted by atomic mass is 10.1. The van der Waals surface area contributed by atoms with Crippen molar-refractivity contribution < 1.29 is 9.13 Å². The fraction of sp³-hybridized carbons (Fsp3) is 0.0625. The van der Waals surface area contributed by atoms with Crippen molar-refractivity contribution in [2.45, 2.75) is 6.61 Å². The molecular formula is C16H12FNO. The third kappa shape index (κ3) is 2.55. The number of fused-ring (bicyclic) bond motifs is 1. The fourth-order valence-electron chi connectivity index (χ4n) is 2.02. The van der Waals surface area contributed by atoms with E-state index in [4.69, 9.17) is 4.74 Å². The maximum absolute atomic E-state index is 13.0. The number of halogens is 1. The molecule has 0 radical (unpaired) electrons. The van der Waals surface area contributed by atoms with Gasteiger partial charge in [-0.25, -0.2) is 4.39 Å². The van der Waals surface area contributed by atoms with Crippen LogP contribution in [-0.4, -0.2) is 4.98 Å². The van der Waals surface area contributed by atoms with Crippen molar-refractivity contribution in [3.05, 3.63) is 72.3 Å². The summed E-state index contributed by atoms with van der Waals surface area (Å²) >= 11 is 0. The molecule has 3 aromatic rings. The largest absolute Gasteiger partial charge is 0.488 e. The van der Waals surface area contributed by atoms with Crippen LogP contribution in [0.5, 0.6) is 5.75 Å². The number of hydrogen-bond donors (Lipinski definition) is 0. The first-order valence-corrected chi connectivity index (χ1v) is 6.03. The van der Waals surface area contributed by atoms with Crippen LogP contribution in [0.1, 0.15) is 5.56 Å². The number of pyridine rings is 1. The summed E-state index contributed by atoms with van der Waals surface area (Å²) in [5.74, 6) is 0.446. The number of benzene rings is 2. The topological polar surface area (TPSA) is 22.1 Å². The van der Waals surface area contributed by atoms with Crippen LogP contribution in [0, 0.1) is 5.82 Å². The predicted molar refractivity (Wildman–Crippen MR) is 72.5 cm³/mol. The summed E-state index contributed by atoms with van der Waals surface area (Å²) in [6.45, 7) is 0.304. The highest BCUT2D eigenvalue weighted by atomic mass is 19.1. The van der Waals surface area contributed by atoms with Crippen LogP contribution in [-0.2, 0) is 6.61 Å². The minimum Gasteiger partial charge on any atom is -0.488 e. The van der Waals surface area contributed by atoms with Gasteiger partial charge in [-0.1, -0.05) is 36.4 Å². The molecule has 0 atom stereocenters. The molecule has 0 aliphatic carbocycles. The highest BCUT2D eigenvalue weighted by molar-refractivity contribution is 5.88. The molecule has 3 rings (SSSR count). The van der Waals surface area contributed by atoms with Crippen molar-refractivity contribution in [3.63, 3.8) is 0 Å². The molecule has 2 nitrogen and oxygen atoms in total. The normalized spacial score (nSPS) is 10.6. The van der Waals surface area contributed by atoms with Gasteiger partial charge in [0.05, 0.1) is 6.20 Å². The van der Waals surface area contributed by atoms with Crippen molar-refractivity contribution in [2.75, 3.05) is 0 Å². The highest BCUT2D eigenvalue weighted by Crippen LogP contribution is 2.25. The molecule has 0 amide bonds. The first-order valence-electron chi connectivity index (χ1n) is 6.03. The molecule has 0 aliphatic rings. The molecule has 0 spiro atoms. The molecule has 1 aromatic heterocycles. The first kappa shape index (κ1) is 11.7. The Morgan fingerprint density at radius 3 is 2.74 bits per heavy atom. The maximum atomic E-state index is 13.0. The smallest absolute Gasteiger partial charge is 0.141 e. The molecule has 0 aliphatic heterocycles. The van der Waals surface area contributed by atoms with Crippen LogP contribution in [0.4, 0.5) is 4.39 Å². The predicted octanol–water partition coefficient (Wildman–Crippen LogP) is 3.95. The second-order valence-corrected chi connectivity index (χ2v) is 4.28. The summed E-state index contributed by atoms with van der Waals surface area (Å²) in [7, 11) is 0. The van der Waals surface area contributed by atoms with Gasteiger partial charge in [0.25, 0.3) is 0 Å². The van der Waals surface area contributed by atoms with Crippen molar-refractivity contribution in [2.24, 2.45) is 0 Å². The van der Waals surface area contributed by atoms with Crippen molar-refractivity contribution in [1.29, 1.82) is 0 Å². The standard InChI is InChI=1S/C16H12FNO/c17-14-8-12(9-18-10-14)11-19-16-7-3-5-13-4-1-2-6-15(13)16/h1-10H,11H2. The lowest BCUT2D eigenvalue weighted by Gasteiger charge is -2.09. The van der Waals surface area contributed by atoms with Gasteiger partial charge in [-0.3, -0.25) is 4.98 Å². The Morgan fingerprint density at radius 1 is 1.00 bits per heavy atom. The zero-order valence-electron chi connectivity index (χ0n) is 10.2. The van der Waals surface area contributed by atoms with Crippen LogP contribution >= 0.6 is 0 Å². The summed E-state index contributed by atoms with van der Waals surface area (Å²) in [6, 6.07) is 15.3. The SMILES string of the molecule is Fc1cncc(COc2cccc3ccccc23)c1. The number of aromatic nitrogens is 1. The lowest BCUT2D eigenvalue weighted by Crippen LogP contribution is -1.97. The monoisotopic (exact) mass is 253 g/mol. The third-order valence-corrected chi connectivity index (χ3v) is 2.91. The number of ether oxygens (including phenoxy) is 1. The van der Waals surface area contributed by atoms with E-state index in [0.29, 0.717) is 12.2 Å². The van der Waals surface area contributed by atoms with E-state index in [1.54, 1.807) is 6.20 Å². The Hall–Kier alpha value is -2.42. The molecule has 0 fully saturated rings. The van der Waals surface area contributed by atoms with Gasteiger partial charge in [-0.2, -0.15) is 0 Å². The lowest BCUT2D eigenvalue weighted by molar-refractivity contribution is 0.309. The molecule has 1 heterocycles. The molecule has 0 saturated carbocycles. The van der Waals surface area contributed by atoms with Gasteiger partial charge in [0, 0.05) is 17.1 Å². The van der Waals surface area contributed by atoms with Gasteiger partial charge in [-0.05, 0) is 17.5 Å². The Morgan fingerprint density at radius 2 is 1.84 bits per heavy atom. The molecule has 0 bridgehead atoms. The van der Waals surface area contributed by atoms with E-state index in [9.17, 15) is 4.39 Å². The van der Waals surface area contributed by atoms with Gasteiger partial charge in [0.15, 0.2) is 0 Å². The molecule has 3 heteroatoms. The average Bonchev–Trinajstić information content (AvgIpc) is 2.45. The molecule has 0 N–H and O–H groups in total. The summed E-state index contributed by atoms with van der Waals surface area (Å²) < 4.78 is 18.8. The van der Waals surface area contributed by atoms with Crippen LogP contribution in [0.2, 0.25) is 0 Å². The van der Waals surface area contributed by atoms with E-state index < -0.39 is 0 Å². The molecule has 2 aromatic carbocycles. The molecular weight excluding hydrogens is 241 g/mol. The minimum atomic E-state index is -0.348. The van der Waals surface area contributed by atoms with Gasteiger partial charge >= 0.3 is 0 Å². The second-order valence-electron chi connectivity index (χ2n) is 4.28. The molecule has 19 heavy (non-hydrogen) atoms. The summed E-state index contributed by atoms with van der Waals surface area (Å²) in [5.41, 5.74) is 0.716. The second kappa shape index (κ2) is 5.06. The van der Waals surface area contributed by atoms with Crippen molar-refractivity contribution in [1.82, 2.24) is 4.98 Å². The number of nitrogens with zero attached hydrogens (tertiary/aromatic N) is 1. The highest BCUT2D eigenvalue weighted by Gasteiger charge is 2.02. The van der Waals surface area contributed by atoms with Crippen LogP contribution in [0.25, 0.3) is 10.8 Å². The molecule has 0 unspecified atom stereocenters. The molecule has 0 saturated heterocycles. The van der Waals surface area contributed by atoms with Crippen LogP contribution in [0.3, 0.4) is 0 Å². The van der Waals surface area contributed by atoms with Gasteiger partial charge in [0.1, 0.15) is 18.2 Å². The van der Waals surface area contributed by atoms with E-state index >= 15 is 0 Å². The third-order valence-electron chi connectivity index (χ3n) is 2.91. The van der Waals surface area contributed by atoms with Crippen LogP contribution in [0.15, 0.2) is 60.9 Å². The van der Waals surface area contributed by atoms with Crippen LogP contribution < -0.4 is 4.74 Å². The summed E-state index contributed by atoms with van der Waals surface area (Å²) in [6.07, 6.45) is 2.79. The Labute approximate surface area is 110 Å². The molecule has 94 valence electrons. The summed E-state index contributed by atoms with van der Waals surface area (Å²) in [4.78, 5) is 3.80. The number of rotatable bonds is 3. The first-order chi connectivity index (χ1) is 9.33. The Balaban J connectivity index is 1.86. The van der Waals surface area contributed by atoms with Gasteiger partial charge in [-0.15, -0.1) is 0 Å². The van der Waals surface area contributed by atoms with Crippen molar-refractivity contribution >= 4 is 10.8 Å². The fourth-order valence-corrected chi connectivity index (χ4v) is 2.02. The Bertz CT molecular complexity index is 706. The zero-order valence-corrected chi connectivity index (χ0v) is 10.2. The zero-order chi connectivity index (χ0) is 13.1. The Kier molecular flexibility index (Phi) is 3.11. The summed E-state index contributed by atoms with van der Waals surface area (Å²) in [5, 5.41) is 2.17. The average molecular weight is 253 g/mol. The van der Waals surface area contributed by atoms with E-state index in [2.05, 4.69) is 4.98 Å². The van der Waals surface area contributed by atoms with Gasteiger partial charge < -0.3 is 4.74 Å². The quantitative estimate of drug-likeness (QED) is 0.705. The van der Waals surface area contributed by atoms with E-state index in [0.717, 1.165) is 16.5 Å². The van der Waals surface area contributed by atoms with E-state index in [1.807, 2.05) is 42.5 Å². The maximum Gasteiger partial charge on any atom is 0.141 e. The van der Waals surface area contributed by atoms with E-state index in [-0.39, 0.29) is 5.82 Å². The number of hydrogen-bond acceptors (Lipinski definition) is 2. The van der Waals surface area contributed by atoms with Gasteiger partial charge in [0.2, 0.25) is 0 Å².